The first-order valence-electron chi connectivity index (χ1n) is 7.80. The molecule has 0 aromatic heterocycles. The minimum absolute atomic E-state index is 0. The van der Waals surface area contributed by atoms with Crippen LogP contribution >= 0.6 is 12.4 Å². The van der Waals surface area contributed by atoms with Gasteiger partial charge in [-0.25, -0.2) is 0 Å². The molecule has 2 rings (SSSR count). The van der Waals surface area contributed by atoms with Crippen molar-refractivity contribution in [2.45, 2.75) is 38.8 Å². The Morgan fingerprint density at radius 1 is 1.36 bits per heavy atom. The Hall–Kier alpha value is -1.28. The average molecular weight is 324 g/mol. The summed E-state index contributed by atoms with van der Waals surface area (Å²) in [6, 6.07) is 8.74. The molecule has 0 aliphatic carbocycles. The van der Waals surface area contributed by atoms with Crippen LogP contribution in [0.3, 0.4) is 0 Å². The maximum atomic E-state index is 9.06. The van der Waals surface area contributed by atoms with Gasteiger partial charge in [-0.05, 0) is 56.6 Å². The zero-order chi connectivity index (χ0) is 15.1. The van der Waals surface area contributed by atoms with Crippen LogP contribution in [0.4, 0.5) is 0 Å². The lowest BCUT2D eigenvalue weighted by Gasteiger charge is -2.34. The third kappa shape index (κ3) is 4.88. The SMILES string of the molecule is CCCN(Cc1ccc(C#N)c(OC)c1)C1CCNCC1.Cl. The third-order valence-electron chi connectivity index (χ3n) is 4.11. The Morgan fingerprint density at radius 2 is 2.09 bits per heavy atom. The van der Waals surface area contributed by atoms with Crippen molar-refractivity contribution < 1.29 is 4.74 Å². The maximum Gasteiger partial charge on any atom is 0.136 e. The summed E-state index contributed by atoms with van der Waals surface area (Å²) in [5.74, 6) is 0.678. The summed E-state index contributed by atoms with van der Waals surface area (Å²) < 4.78 is 5.31. The predicted octanol–water partition coefficient (Wildman–Crippen LogP) is 2.95. The summed E-state index contributed by atoms with van der Waals surface area (Å²) in [5, 5.41) is 12.5. The molecule has 0 saturated carbocycles. The van der Waals surface area contributed by atoms with Crippen molar-refractivity contribution in [3.8, 4) is 11.8 Å². The van der Waals surface area contributed by atoms with E-state index in [9.17, 15) is 0 Å². The second-order valence-corrected chi connectivity index (χ2v) is 5.60. The van der Waals surface area contributed by atoms with Crippen LogP contribution in [-0.4, -0.2) is 37.7 Å². The number of halogens is 1. The van der Waals surface area contributed by atoms with Gasteiger partial charge in [0.05, 0.1) is 12.7 Å². The molecule has 1 N–H and O–H groups in total. The highest BCUT2D eigenvalue weighted by atomic mass is 35.5. The largest absolute Gasteiger partial charge is 0.495 e. The Bertz CT molecular complexity index is 495. The first-order valence-corrected chi connectivity index (χ1v) is 7.80. The molecule has 0 atom stereocenters. The predicted molar refractivity (Wildman–Crippen MR) is 91.5 cm³/mol. The highest BCUT2D eigenvalue weighted by molar-refractivity contribution is 5.85. The highest BCUT2D eigenvalue weighted by Crippen LogP contribution is 2.22. The normalized spacial score (nSPS) is 15.2. The molecule has 0 amide bonds. The number of rotatable bonds is 6. The molecule has 1 aliphatic heterocycles. The summed E-state index contributed by atoms with van der Waals surface area (Å²) >= 11 is 0. The van der Waals surface area contributed by atoms with Gasteiger partial charge in [-0.1, -0.05) is 13.0 Å². The molecule has 0 bridgehead atoms. The van der Waals surface area contributed by atoms with Crippen LogP contribution < -0.4 is 10.1 Å². The fraction of sp³-hybridized carbons (Fsp3) is 0.588. The van der Waals surface area contributed by atoms with Gasteiger partial charge < -0.3 is 10.1 Å². The molecule has 0 unspecified atom stereocenters. The standard InChI is InChI=1S/C17H25N3O.ClH/c1-3-10-20(16-6-8-19-9-7-16)13-14-4-5-15(12-18)17(11-14)21-2;/h4-5,11,16,19H,3,6-10,13H2,1-2H3;1H. The first-order chi connectivity index (χ1) is 10.3. The number of hydrogen-bond acceptors (Lipinski definition) is 4. The summed E-state index contributed by atoms with van der Waals surface area (Å²) in [5.41, 5.74) is 1.82. The Balaban J connectivity index is 0.00000242. The van der Waals surface area contributed by atoms with E-state index in [4.69, 9.17) is 10.00 Å². The van der Waals surface area contributed by atoms with E-state index in [1.807, 2.05) is 18.2 Å². The average Bonchev–Trinajstić information content (AvgIpc) is 2.55. The van der Waals surface area contributed by atoms with Crippen molar-refractivity contribution in [2.75, 3.05) is 26.7 Å². The van der Waals surface area contributed by atoms with Gasteiger partial charge in [0.15, 0.2) is 0 Å². The van der Waals surface area contributed by atoms with E-state index in [1.165, 1.54) is 18.4 Å². The fourth-order valence-corrected chi connectivity index (χ4v) is 3.01. The monoisotopic (exact) mass is 323 g/mol. The number of benzene rings is 1. The first kappa shape index (κ1) is 18.8. The van der Waals surface area contributed by atoms with Crippen molar-refractivity contribution >= 4 is 12.4 Å². The van der Waals surface area contributed by atoms with Crippen LogP contribution in [0.25, 0.3) is 0 Å². The van der Waals surface area contributed by atoms with Crippen molar-refractivity contribution in [1.29, 1.82) is 5.26 Å². The van der Waals surface area contributed by atoms with Crippen molar-refractivity contribution in [1.82, 2.24) is 10.2 Å². The van der Waals surface area contributed by atoms with Crippen LogP contribution in [-0.2, 0) is 6.54 Å². The van der Waals surface area contributed by atoms with Gasteiger partial charge in [-0.3, -0.25) is 4.90 Å². The van der Waals surface area contributed by atoms with E-state index in [2.05, 4.69) is 23.2 Å². The molecule has 1 saturated heterocycles. The number of nitrogens with zero attached hydrogens (tertiary/aromatic N) is 2. The van der Waals surface area contributed by atoms with Gasteiger partial charge >= 0.3 is 0 Å². The van der Waals surface area contributed by atoms with E-state index in [0.717, 1.165) is 32.6 Å². The second-order valence-electron chi connectivity index (χ2n) is 5.60. The molecule has 1 aliphatic rings. The minimum Gasteiger partial charge on any atom is -0.495 e. The molecular weight excluding hydrogens is 298 g/mol. The molecule has 4 nitrogen and oxygen atoms in total. The van der Waals surface area contributed by atoms with Crippen LogP contribution in [0.1, 0.15) is 37.3 Å². The third-order valence-corrected chi connectivity index (χ3v) is 4.11. The molecule has 1 aromatic rings. The summed E-state index contributed by atoms with van der Waals surface area (Å²) in [7, 11) is 1.62. The number of nitriles is 1. The molecule has 1 fully saturated rings. The zero-order valence-corrected chi connectivity index (χ0v) is 14.3. The van der Waals surface area contributed by atoms with Gasteiger partial charge in [0.1, 0.15) is 11.8 Å². The van der Waals surface area contributed by atoms with Gasteiger partial charge in [-0.15, -0.1) is 12.4 Å². The van der Waals surface area contributed by atoms with E-state index in [1.54, 1.807) is 7.11 Å². The van der Waals surface area contributed by atoms with Crippen molar-refractivity contribution in [3.63, 3.8) is 0 Å². The topological polar surface area (TPSA) is 48.3 Å². The van der Waals surface area contributed by atoms with E-state index in [-0.39, 0.29) is 12.4 Å². The fourth-order valence-electron chi connectivity index (χ4n) is 3.01. The molecule has 0 radical (unpaired) electrons. The smallest absolute Gasteiger partial charge is 0.136 e. The van der Waals surface area contributed by atoms with E-state index in [0.29, 0.717) is 17.4 Å². The lowest BCUT2D eigenvalue weighted by atomic mass is 10.0. The number of piperidine rings is 1. The van der Waals surface area contributed by atoms with Gasteiger partial charge in [-0.2, -0.15) is 5.26 Å². The number of nitrogens with one attached hydrogen (secondary N) is 1. The molecule has 122 valence electrons. The summed E-state index contributed by atoms with van der Waals surface area (Å²) in [6.07, 6.45) is 3.60. The number of hydrogen-bond donors (Lipinski definition) is 1. The lowest BCUT2D eigenvalue weighted by Crippen LogP contribution is -2.43. The van der Waals surface area contributed by atoms with Crippen LogP contribution in [0.15, 0.2) is 18.2 Å². The minimum atomic E-state index is 0. The molecule has 1 aromatic carbocycles. The summed E-state index contributed by atoms with van der Waals surface area (Å²) in [4.78, 5) is 2.57. The van der Waals surface area contributed by atoms with Crippen LogP contribution in [0.2, 0.25) is 0 Å². The maximum absolute atomic E-state index is 9.06. The Kier molecular flexibility index (Phi) is 8.26. The van der Waals surface area contributed by atoms with Crippen LogP contribution in [0.5, 0.6) is 5.75 Å². The quantitative estimate of drug-likeness (QED) is 0.874. The molecule has 0 spiro atoms. The summed E-state index contributed by atoms with van der Waals surface area (Å²) in [6.45, 7) is 6.50. The van der Waals surface area contributed by atoms with Crippen LogP contribution in [0, 0.1) is 11.3 Å². The number of methoxy groups -OCH3 is 1. The Labute approximate surface area is 139 Å². The molecule has 1 heterocycles. The number of ether oxygens (including phenoxy) is 1. The molecule has 22 heavy (non-hydrogen) atoms. The second kappa shape index (κ2) is 9.68. The zero-order valence-electron chi connectivity index (χ0n) is 13.5. The van der Waals surface area contributed by atoms with Crippen molar-refractivity contribution in [2.24, 2.45) is 0 Å². The molecular formula is C17H26ClN3O. The highest BCUT2D eigenvalue weighted by Gasteiger charge is 2.20. The Morgan fingerprint density at radius 3 is 2.68 bits per heavy atom. The van der Waals surface area contributed by atoms with Gasteiger partial charge in [0.25, 0.3) is 0 Å². The van der Waals surface area contributed by atoms with E-state index >= 15 is 0 Å². The lowest BCUT2D eigenvalue weighted by molar-refractivity contribution is 0.154. The van der Waals surface area contributed by atoms with Crippen molar-refractivity contribution in [3.05, 3.63) is 29.3 Å². The van der Waals surface area contributed by atoms with Gasteiger partial charge in [0, 0.05) is 12.6 Å². The van der Waals surface area contributed by atoms with Gasteiger partial charge in [0.2, 0.25) is 0 Å². The molecule has 5 heteroatoms. The van der Waals surface area contributed by atoms with E-state index < -0.39 is 0 Å².